The normalized spacial score (nSPS) is 16.5. The van der Waals surface area contributed by atoms with E-state index in [1.165, 1.54) is 73.0 Å². The van der Waals surface area contributed by atoms with Crippen molar-refractivity contribution in [2.24, 2.45) is 0 Å². The van der Waals surface area contributed by atoms with Gasteiger partial charge in [-0.25, -0.2) is 0 Å². The minimum atomic E-state index is -0.0899. The largest absolute Gasteiger partial charge is 0.210 e. The summed E-state index contributed by atoms with van der Waals surface area (Å²) < 4.78 is 4.72. The molecular formula is C43H46N2+2. The number of nitrogens with zero attached hydrogens (tertiary/aromatic N) is 2. The average Bonchev–Trinajstić information content (AvgIpc) is 3.36. The molecule has 2 aliphatic heterocycles. The van der Waals surface area contributed by atoms with Crippen molar-refractivity contribution in [3.05, 3.63) is 131 Å². The van der Waals surface area contributed by atoms with Crippen molar-refractivity contribution in [2.75, 3.05) is 14.1 Å². The van der Waals surface area contributed by atoms with Crippen LogP contribution in [0.25, 0.3) is 33.7 Å². The number of rotatable bonds is 4. The monoisotopic (exact) mass is 590 g/mol. The minimum absolute atomic E-state index is 0.0899. The van der Waals surface area contributed by atoms with Crippen LogP contribution in [0.3, 0.4) is 0 Å². The zero-order valence-corrected chi connectivity index (χ0v) is 28.1. The Hall–Kier alpha value is -4.56. The van der Waals surface area contributed by atoms with Gasteiger partial charge in [0.25, 0.3) is 0 Å². The minimum Gasteiger partial charge on any atom is -0.198 e. The fourth-order valence-electron chi connectivity index (χ4n) is 7.50. The zero-order valence-electron chi connectivity index (χ0n) is 28.1. The summed E-state index contributed by atoms with van der Waals surface area (Å²) >= 11 is 0. The fraction of sp³-hybridized carbons (Fsp3) is 0.256. The summed E-state index contributed by atoms with van der Waals surface area (Å²) in [6.07, 6.45) is 10.4. The highest BCUT2D eigenvalue weighted by atomic mass is 15.0. The molecule has 0 bridgehead atoms. The van der Waals surface area contributed by atoms with E-state index in [0.717, 1.165) is 0 Å². The quantitative estimate of drug-likeness (QED) is 0.184. The first-order valence-electron chi connectivity index (χ1n) is 16.3. The Bertz CT molecular complexity index is 1920. The van der Waals surface area contributed by atoms with Gasteiger partial charge in [-0.2, -0.15) is 9.15 Å². The highest BCUT2D eigenvalue weighted by Gasteiger charge is 2.45. The SMILES string of the molecule is CCC.C[N+]1=C(/C=C/c2cccc(/C=C/C3=[N+](C)c4ccc5ccccc5c4C3(C)C)c2)C(C)(C)c2c1ccc1ccccc21. The first-order valence-corrected chi connectivity index (χ1v) is 16.3. The summed E-state index contributed by atoms with van der Waals surface area (Å²) in [5.74, 6) is 0. The van der Waals surface area contributed by atoms with Crippen molar-refractivity contribution < 1.29 is 9.15 Å². The standard InChI is InChI=1S/C40H38N2.C3H8/c1-39(2)35(41(5)33-22-20-29-14-7-9-16-31(29)37(33)39)24-18-27-12-11-13-28(26-27)19-25-36-40(3,4)38-32-17-10-8-15-30(32)21-23-34(38)42(36)6;1-3-2/h7-26H,1-6H3;3H2,1-2H3/q+2;/b24-18+,25-19+;. The van der Waals surface area contributed by atoms with E-state index in [2.05, 4.69) is 186 Å². The molecule has 0 aromatic heterocycles. The molecule has 2 heterocycles. The first-order chi connectivity index (χ1) is 21.6. The third-order valence-electron chi connectivity index (χ3n) is 9.57. The summed E-state index contributed by atoms with van der Waals surface area (Å²) in [6.45, 7) is 13.6. The van der Waals surface area contributed by atoms with Crippen molar-refractivity contribution in [2.45, 2.75) is 58.8 Å². The van der Waals surface area contributed by atoms with E-state index in [1.54, 1.807) is 0 Å². The predicted molar refractivity (Wildman–Crippen MR) is 196 cm³/mol. The van der Waals surface area contributed by atoms with Crippen molar-refractivity contribution >= 4 is 56.5 Å². The van der Waals surface area contributed by atoms with Gasteiger partial charge < -0.3 is 0 Å². The van der Waals surface area contributed by atoms with Crippen molar-refractivity contribution in [1.82, 2.24) is 0 Å². The summed E-state index contributed by atoms with van der Waals surface area (Å²) in [5, 5.41) is 5.28. The third-order valence-corrected chi connectivity index (χ3v) is 9.57. The molecule has 0 amide bonds. The molecule has 0 saturated heterocycles. The Labute approximate surface area is 269 Å². The summed E-state index contributed by atoms with van der Waals surface area (Å²) in [4.78, 5) is 0. The molecule has 0 saturated carbocycles. The Morgan fingerprint density at radius 3 is 1.33 bits per heavy atom. The van der Waals surface area contributed by atoms with E-state index in [0.29, 0.717) is 0 Å². The fourth-order valence-corrected chi connectivity index (χ4v) is 7.50. The lowest BCUT2D eigenvalue weighted by Crippen LogP contribution is -2.26. The van der Waals surface area contributed by atoms with Gasteiger partial charge >= 0.3 is 0 Å². The molecule has 5 aromatic carbocycles. The van der Waals surface area contributed by atoms with Crippen molar-refractivity contribution in [1.29, 1.82) is 0 Å². The van der Waals surface area contributed by atoms with E-state index < -0.39 is 0 Å². The first kappa shape index (κ1) is 30.5. The molecule has 2 nitrogen and oxygen atoms in total. The molecule has 2 heteroatoms. The lowest BCUT2D eigenvalue weighted by molar-refractivity contribution is -0.401. The van der Waals surface area contributed by atoms with E-state index in [9.17, 15) is 0 Å². The molecule has 0 aliphatic carbocycles. The van der Waals surface area contributed by atoms with Gasteiger partial charge in [0.2, 0.25) is 11.4 Å². The molecule has 2 aliphatic rings. The molecule has 45 heavy (non-hydrogen) atoms. The second kappa shape index (κ2) is 11.7. The Kier molecular flexibility index (Phi) is 7.95. The molecule has 0 radical (unpaired) electrons. The summed E-state index contributed by atoms with van der Waals surface area (Å²) in [6, 6.07) is 35.3. The number of hydrogen-bond acceptors (Lipinski definition) is 0. The highest BCUT2D eigenvalue weighted by molar-refractivity contribution is 6.10. The Morgan fingerprint density at radius 1 is 0.511 bits per heavy atom. The maximum Gasteiger partial charge on any atom is 0.210 e. The molecular weight excluding hydrogens is 544 g/mol. The predicted octanol–water partition coefficient (Wildman–Crippen LogP) is 10.8. The second-order valence-corrected chi connectivity index (χ2v) is 13.5. The van der Waals surface area contributed by atoms with Crippen LogP contribution in [-0.2, 0) is 10.8 Å². The van der Waals surface area contributed by atoms with Gasteiger partial charge in [0.1, 0.15) is 14.1 Å². The molecule has 0 unspecified atom stereocenters. The van der Waals surface area contributed by atoms with Gasteiger partial charge in [-0.15, -0.1) is 0 Å². The molecule has 7 rings (SSSR count). The topological polar surface area (TPSA) is 6.02 Å². The van der Waals surface area contributed by atoms with Gasteiger partial charge in [-0.05, 0) is 90.7 Å². The van der Waals surface area contributed by atoms with Crippen molar-refractivity contribution in [3.8, 4) is 0 Å². The van der Waals surface area contributed by atoms with E-state index >= 15 is 0 Å². The van der Waals surface area contributed by atoms with Crippen LogP contribution in [0, 0.1) is 0 Å². The molecule has 0 N–H and O–H groups in total. The molecule has 0 atom stereocenters. The summed E-state index contributed by atoms with van der Waals surface area (Å²) in [7, 11) is 4.39. The average molecular weight is 591 g/mol. The maximum atomic E-state index is 2.36. The lowest BCUT2D eigenvalue weighted by atomic mass is 9.79. The number of hydrogen-bond donors (Lipinski definition) is 0. The van der Waals surface area contributed by atoms with Gasteiger partial charge in [0, 0.05) is 35.4 Å². The van der Waals surface area contributed by atoms with Gasteiger partial charge in [0.05, 0.1) is 10.8 Å². The van der Waals surface area contributed by atoms with Crippen molar-refractivity contribution in [3.63, 3.8) is 0 Å². The van der Waals surface area contributed by atoms with Crippen LogP contribution in [-0.4, -0.2) is 34.7 Å². The number of fused-ring (bicyclic) bond motifs is 6. The van der Waals surface area contributed by atoms with Gasteiger partial charge in [-0.3, -0.25) is 0 Å². The van der Waals surface area contributed by atoms with E-state index in [-0.39, 0.29) is 10.8 Å². The summed E-state index contributed by atoms with van der Waals surface area (Å²) in [5.41, 5.74) is 10.3. The number of allylic oxidation sites excluding steroid dienone is 2. The van der Waals surface area contributed by atoms with Gasteiger partial charge in [-0.1, -0.05) is 87.0 Å². The lowest BCUT2D eigenvalue weighted by Gasteiger charge is -2.17. The molecule has 0 fully saturated rings. The van der Waals surface area contributed by atoms with Crippen LogP contribution in [0.4, 0.5) is 11.4 Å². The number of benzene rings is 5. The Morgan fingerprint density at radius 2 is 0.911 bits per heavy atom. The molecule has 0 spiro atoms. The van der Waals surface area contributed by atoms with Crippen LogP contribution in [0.15, 0.2) is 109 Å². The van der Waals surface area contributed by atoms with Crippen LogP contribution in [0.2, 0.25) is 0 Å². The molecule has 5 aromatic rings. The van der Waals surface area contributed by atoms with E-state index in [1.807, 2.05) is 0 Å². The third kappa shape index (κ3) is 5.17. The maximum absolute atomic E-state index is 2.36. The molecule has 226 valence electrons. The van der Waals surface area contributed by atoms with Crippen LogP contribution >= 0.6 is 0 Å². The van der Waals surface area contributed by atoms with Crippen LogP contribution < -0.4 is 0 Å². The zero-order chi connectivity index (χ0) is 31.9. The van der Waals surface area contributed by atoms with E-state index in [4.69, 9.17) is 0 Å². The highest BCUT2D eigenvalue weighted by Crippen LogP contribution is 2.45. The smallest absolute Gasteiger partial charge is 0.198 e. The van der Waals surface area contributed by atoms with Crippen LogP contribution in [0.5, 0.6) is 0 Å². The van der Waals surface area contributed by atoms with Crippen LogP contribution in [0.1, 0.15) is 70.2 Å². The second-order valence-electron chi connectivity index (χ2n) is 13.5. The van der Waals surface area contributed by atoms with Gasteiger partial charge in [0.15, 0.2) is 11.4 Å². The Balaban J connectivity index is 0.00000115.